The number of methoxy groups -OCH3 is 2. The van der Waals surface area contributed by atoms with Gasteiger partial charge in [0, 0.05) is 18.4 Å². The Balaban J connectivity index is 1.74. The maximum absolute atomic E-state index is 12.9. The lowest BCUT2D eigenvalue weighted by atomic mass is 9.96. The van der Waals surface area contributed by atoms with Crippen LogP contribution in [0.15, 0.2) is 66.7 Å². The van der Waals surface area contributed by atoms with Crippen molar-refractivity contribution in [3.8, 4) is 22.6 Å². The molecule has 3 rings (SSSR count). The maximum Gasteiger partial charge on any atom is 0.255 e. The van der Waals surface area contributed by atoms with Gasteiger partial charge in [0.25, 0.3) is 5.91 Å². The highest BCUT2D eigenvalue weighted by atomic mass is 16.5. The zero-order chi connectivity index (χ0) is 21.5. The highest BCUT2D eigenvalue weighted by Gasteiger charge is 2.13. The largest absolute Gasteiger partial charge is 0.497 e. The van der Waals surface area contributed by atoms with Crippen molar-refractivity contribution in [2.75, 3.05) is 26.1 Å². The summed E-state index contributed by atoms with van der Waals surface area (Å²) in [5.41, 5.74) is 4.32. The molecule has 0 aliphatic heterocycles. The molecule has 3 aromatic carbocycles. The van der Waals surface area contributed by atoms with Gasteiger partial charge >= 0.3 is 0 Å². The van der Waals surface area contributed by atoms with Crippen molar-refractivity contribution in [2.45, 2.75) is 20.0 Å². The molecular weight excluding hydrogens is 378 g/mol. The number of carbonyl (C=O) groups is 1. The lowest BCUT2D eigenvalue weighted by Crippen LogP contribution is -2.18. The molecule has 0 radical (unpaired) electrons. The van der Waals surface area contributed by atoms with Gasteiger partial charge in [-0.3, -0.25) is 4.79 Å². The fourth-order valence-corrected chi connectivity index (χ4v) is 3.28. The Labute approximate surface area is 177 Å². The number of benzene rings is 3. The van der Waals surface area contributed by atoms with Crippen LogP contribution in [0.1, 0.15) is 22.8 Å². The molecule has 30 heavy (non-hydrogen) atoms. The Morgan fingerprint density at radius 2 is 1.60 bits per heavy atom. The number of amides is 1. The Morgan fingerprint density at radius 3 is 2.23 bits per heavy atom. The molecule has 1 N–H and O–H groups in total. The number of carbonyl (C=O) groups excluding carboxylic acids is 1. The van der Waals surface area contributed by atoms with Gasteiger partial charge in [-0.1, -0.05) is 24.3 Å². The number of hydrogen-bond acceptors (Lipinski definition) is 4. The van der Waals surface area contributed by atoms with Crippen molar-refractivity contribution in [2.24, 2.45) is 0 Å². The number of rotatable bonds is 8. The quantitative estimate of drug-likeness (QED) is 0.550. The Kier molecular flexibility index (Phi) is 7.09. The van der Waals surface area contributed by atoms with Crippen molar-refractivity contribution >= 4 is 11.6 Å². The lowest BCUT2D eigenvalue weighted by Gasteiger charge is -2.15. The average molecular weight is 405 g/mol. The van der Waals surface area contributed by atoms with Gasteiger partial charge in [-0.2, -0.15) is 0 Å². The molecule has 0 saturated heterocycles. The molecule has 5 nitrogen and oxygen atoms in total. The molecular formula is C25H27NO4. The second kappa shape index (κ2) is 9.94. The van der Waals surface area contributed by atoms with E-state index < -0.39 is 0 Å². The predicted octanol–water partition coefficient (Wildman–Crippen LogP) is 5.34. The van der Waals surface area contributed by atoms with E-state index in [1.807, 2.05) is 80.6 Å². The van der Waals surface area contributed by atoms with Gasteiger partial charge in [-0.15, -0.1) is 0 Å². The van der Waals surface area contributed by atoms with E-state index in [0.29, 0.717) is 17.9 Å². The van der Waals surface area contributed by atoms with Crippen molar-refractivity contribution in [3.05, 3.63) is 77.9 Å². The summed E-state index contributed by atoms with van der Waals surface area (Å²) in [5.74, 6) is 1.38. The number of ether oxygens (including phenoxy) is 3. The van der Waals surface area contributed by atoms with E-state index in [0.717, 1.165) is 28.2 Å². The van der Waals surface area contributed by atoms with E-state index in [-0.39, 0.29) is 12.0 Å². The maximum atomic E-state index is 12.9. The molecule has 0 heterocycles. The summed E-state index contributed by atoms with van der Waals surface area (Å²) in [7, 11) is 3.29. The summed E-state index contributed by atoms with van der Waals surface area (Å²) < 4.78 is 16.1. The molecule has 0 aliphatic rings. The van der Waals surface area contributed by atoms with Gasteiger partial charge in [0.15, 0.2) is 0 Å². The molecule has 1 amide bonds. The van der Waals surface area contributed by atoms with Crippen LogP contribution in [0.25, 0.3) is 11.1 Å². The molecule has 3 aromatic rings. The third-order valence-electron chi connectivity index (χ3n) is 4.83. The van der Waals surface area contributed by atoms with Crippen LogP contribution >= 0.6 is 0 Å². The first kappa shape index (κ1) is 21.4. The van der Waals surface area contributed by atoms with Crippen molar-refractivity contribution < 1.29 is 19.0 Å². The second-order valence-electron chi connectivity index (χ2n) is 7.07. The van der Waals surface area contributed by atoms with Crippen molar-refractivity contribution in [3.63, 3.8) is 0 Å². The first-order valence-electron chi connectivity index (χ1n) is 9.83. The zero-order valence-corrected chi connectivity index (χ0v) is 17.8. The van der Waals surface area contributed by atoms with Crippen LogP contribution in [0.3, 0.4) is 0 Å². The van der Waals surface area contributed by atoms with Crippen LogP contribution in [-0.2, 0) is 4.74 Å². The van der Waals surface area contributed by atoms with E-state index in [9.17, 15) is 4.79 Å². The summed E-state index contributed by atoms with van der Waals surface area (Å²) in [6.07, 6.45) is -0.0428. The summed E-state index contributed by atoms with van der Waals surface area (Å²) in [6.45, 7) is 4.42. The summed E-state index contributed by atoms with van der Waals surface area (Å²) >= 11 is 0. The van der Waals surface area contributed by atoms with Crippen molar-refractivity contribution in [1.29, 1.82) is 0 Å². The molecule has 0 saturated carbocycles. The molecule has 5 heteroatoms. The predicted molar refractivity (Wildman–Crippen MR) is 120 cm³/mol. The van der Waals surface area contributed by atoms with Crippen LogP contribution in [0.5, 0.6) is 11.5 Å². The van der Waals surface area contributed by atoms with Crippen LogP contribution < -0.4 is 14.8 Å². The summed E-state index contributed by atoms with van der Waals surface area (Å²) in [4.78, 5) is 12.9. The molecule has 0 spiro atoms. The Morgan fingerprint density at radius 1 is 0.933 bits per heavy atom. The van der Waals surface area contributed by atoms with Crippen molar-refractivity contribution in [1.82, 2.24) is 0 Å². The number of nitrogens with one attached hydrogen (secondary N) is 1. The van der Waals surface area contributed by atoms with Crippen LogP contribution in [0.4, 0.5) is 5.69 Å². The zero-order valence-electron chi connectivity index (χ0n) is 17.8. The molecule has 156 valence electrons. The van der Waals surface area contributed by atoms with Crippen LogP contribution in [0, 0.1) is 6.92 Å². The van der Waals surface area contributed by atoms with Gasteiger partial charge < -0.3 is 19.5 Å². The monoisotopic (exact) mass is 405 g/mol. The van der Waals surface area contributed by atoms with Gasteiger partial charge in [0.2, 0.25) is 0 Å². The van der Waals surface area contributed by atoms with E-state index in [2.05, 4.69) is 5.32 Å². The van der Waals surface area contributed by atoms with Gasteiger partial charge in [-0.25, -0.2) is 0 Å². The topological polar surface area (TPSA) is 56.8 Å². The molecule has 1 unspecified atom stereocenters. The molecule has 0 fully saturated rings. The summed E-state index contributed by atoms with van der Waals surface area (Å²) in [6, 6.07) is 20.9. The van der Waals surface area contributed by atoms with E-state index in [4.69, 9.17) is 14.2 Å². The second-order valence-corrected chi connectivity index (χ2v) is 7.07. The van der Waals surface area contributed by atoms with E-state index >= 15 is 0 Å². The smallest absolute Gasteiger partial charge is 0.255 e. The lowest BCUT2D eigenvalue weighted by molar-refractivity contribution is 0.0921. The summed E-state index contributed by atoms with van der Waals surface area (Å²) in [5, 5.41) is 2.96. The fraction of sp³-hybridized carbons (Fsp3) is 0.240. The molecule has 0 bridgehead atoms. The molecule has 0 aromatic heterocycles. The fourth-order valence-electron chi connectivity index (χ4n) is 3.28. The number of anilines is 1. The van der Waals surface area contributed by atoms with Crippen LogP contribution in [-0.4, -0.2) is 32.8 Å². The minimum atomic E-state index is -0.149. The normalized spacial score (nSPS) is 11.6. The average Bonchev–Trinajstić information content (AvgIpc) is 2.75. The van der Waals surface area contributed by atoms with Crippen LogP contribution in [0.2, 0.25) is 0 Å². The minimum Gasteiger partial charge on any atom is -0.497 e. The highest BCUT2D eigenvalue weighted by molar-refractivity contribution is 6.06. The van der Waals surface area contributed by atoms with Gasteiger partial charge in [-0.05, 0) is 73.0 Å². The molecule has 1 atom stereocenters. The van der Waals surface area contributed by atoms with Gasteiger partial charge in [0.05, 0.1) is 13.7 Å². The SMILES string of the molecule is COCC(C)Oc1ccc(NC(=O)c2cccc(-c3ccc(OC)cc3)c2C)cc1. The first-order chi connectivity index (χ1) is 14.5. The number of hydrogen-bond donors (Lipinski definition) is 1. The highest BCUT2D eigenvalue weighted by Crippen LogP contribution is 2.28. The Hall–Kier alpha value is -3.31. The third kappa shape index (κ3) is 5.19. The minimum absolute atomic E-state index is 0.0428. The van der Waals surface area contributed by atoms with Gasteiger partial charge in [0.1, 0.15) is 17.6 Å². The standard InChI is InChI=1S/C25H27NO4/c1-17(16-28-3)30-22-14-10-20(11-15-22)26-25(27)24-7-5-6-23(18(24)2)19-8-12-21(29-4)13-9-19/h5-15,17H,16H2,1-4H3,(H,26,27). The van der Waals surface area contributed by atoms with E-state index in [1.165, 1.54) is 0 Å². The Bertz CT molecular complexity index is 981. The first-order valence-corrected chi connectivity index (χ1v) is 9.83. The third-order valence-corrected chi connectivity index (χ3v) is 4.83. The van der Waals surface area contributed by atoms with E-state index in [1.54, 1.807) is 14.2 Å². The molecule has 0 aliphatic carbocycles.